The summed E-state index contributed by atoms with van der Waals surface area (Å²) in [7, 11) is 0. The Labute approximate surface area is 124 Å². The molecule has 104 valence electrons. The standard InChI is InChI=1S/C15H18N4S/c1-11(12-5-3-2-4-6-12)7-8-17-14-10-18-13(9-19-14)15(16)20/h2-6,9-11H,7-8H2,1H3,(H2,16,20)(H,17,19). The van der Waals surface area contributed by atoms with E-state index in [1.54, 1.807) is 12.4 Å². The van der Waals surface area contributed by atoms with Crippen LogP contribution >= 0.6 is 12.2 Å². The molecule has 1 unspecified atom stereocenters. The van der Waals surface area contributed by atoms with Crippen LogP contribution in [0.3, 0.4) is 0 Å². The van der Waals surface area contributed by atoms with Crippen LogP contribution in [0.5, 0.6) is 0 Å². The van der Waals surface area contributed by atoms with Gasteiger partial charge < -0.3 is 11.1 Å². The zero-order valence-corrected chi connectivity index (χ0v) is 12.2. The number of anilines is 1. The summed E-state index contributed by atoms with van der Waals surface area (Å²) >= 11 is 4.84. The van der Waals surface area contributed by atoms with Gasteiger partial charge >= 0.3 is 0 Å². The quantitative estimate of drug-likeness (QED) is 0.799. The van der Waals surface area contributed by atoms with Gasteiger partial charge in [0.25, 0.3) is 0 Å². The van der Waals surface area contributed by atoms with Gasteiger partial charge in [-0.2, -0.15) is 0 Å². The number of hydrogen-bond acceptors (Lipinski definition) is 4. The van der Waals surface area contributed by atoms with Crippen molar-refractivity contribution in [3.63, 3.8) is 0 Å². The van der Waals surface area contributed by atoms with E-state index < -0.39 is 0 Å². The normalized spacial score (nSPS) is 11.8. The summed E-state index contributed by atoms with van der Waals surface area (Å²) in [5.41, 5.74) is 7.37. The van der Waals surface area contributed by atoms with Gasteiger partial charge in [-0.1, -0.05) is 49.5 Å². The Morgan fingerprint density at radius 1 is 1.25 bits per heavy atom. The Hall–Kier alpha value is -2.01. The third-order valence-corrected chi connectivity index (χ3v) is 3.37. The molecule has 0 aliphatic rings. The predicted molar refractivity (Wildman–Crippen MR) is 85.9 cm³/mol. The molecule has 5 heteroatoms. The summed E-state index contributed by atoms with van der Waals surface area (Å²) in [5, 5.41) is 3.25. The van der Waals surface area contributed by atoms with Crippen LogP contribution in [0.15, 0.2) is 42.7 Å². The van der Waals surface area contributed by atoms with E-state index in [1.165, 1.54) is 5.56 Å². The van der Waals surface area contributed by atoms with Crippen molar-refractivity contribution in [3.8, 4) is 0 Å². The highest BCUT2D eigenvalue weighted by atomic mass is 32.1. The van der Waals surface area contributed by atoms with E-state index in [0.717, 1.165) is 18.8 Å². The molecule has 2 rings (SSSR count). The second kappa shape index (κ2) is 6.96. The number of nitrogens with two attached hydrogens (primary N) is 1. The first-order valence-electron chi connectivity index (χ1n) is 6.57. The van der Waals surface area contributed by atoms with Crippen LogP contribution in [-0.2, 0) is 0 Å². The minimum atomic E-state index is 0.266. The SMILES string of the molecule is CC(CCNc1cnc(C(N)=S)cn1)c1ccccc1. The molecule has 2 aromatic rings. The minimum absolute atomic E-state index is 0.266. The van der Waals surface area contributed by atoms with Crippen LogP contribution in [0.2, 0.25) is 0 Å². The lowest BCUT2D eigenvalue weighted by atomic mass is 9.98. The molecule has 0 radical (unpaired) electrons. The molecule has 0 saturated heterocycles. The molecule has 0 aliphatic carbocycles. The third-order valence-electron chi connectivity index (χ3n) is 3.16. The molecule has 4 nitrogen and oxygen atoms in total. The Balaban J connectivity index is 1.82. The Morgan fingerprint density at radius 3 is 2.60 bits per heavy atom. The minimum Gasteiger partial charge on any atom is -0.388 e. The van der Waals surface area contributed by atoms with Gasteiger partial charge in [-0.05, 0) is 17.9 Å². The lowest BCUT2D eigenvalue weighted by Gasteiger charge is -2.12. The molecule has 1 aromatic heterocycles. The zero-order chi connectivity index (χ0) is 14.4. The van der Waals surface area contributed by atoms with Gasteiger partial charge in [0.15, 0.2) is 0 Å². The summed E-state index contributed by atoms with van der Waals surface area (Å²) < 4.78 is 0. The Bertz CT molecular complexity index is 554. The van der Waals surface area contributed by atoms with Crippen molar-refractivity contribution in [3.05, 3.63) is 54.0 Å². The lowest BCUT2D eigenvalue weighted by molar-refractivity contribution is 0.704. The van der Waals surface area contributed by atoms with Crippen LogP contribution in [0.4, 0.5) is 5.82 Å². The van der Waals surface area contributed by atoms with Crippen molar-refractivity contribution in [1.29, 1.82) is 0 Å². The number of nitrogens with one attached hydrogen (secondary N) is 1. The van der Waals surface area contributed by atoms with Gasteiger partial charge in [-0.25, -0.2) is 9.97 Å². The van der Waals surface area contributed by atoms with Crippen LogP contribution < -0.4 is 11.1 Å². The van der Waals surface area contributed by atoms with Gasteiger partial charge in [-0.3, -0.25) is 0 Å². The molecule has 0 saturated carbocycles. The first kappa shape index (κ1) is 14.4. The average Bonchev–Trinajstić information content (AvgIpc) is 2.48. The fourth-order valence-electron chi connectivity index (χ4n) is 1.91. The van der Waals surface area contributed by atoms with Crippen molar-refractivity contribution in [2.24, 2.45) is 5.73 Å². The van der Waals surface area contributed by atoms with E-state index in [-0.39, 0.29) is 4.99 Å². The van der Waals surface area contributed by atoms with E-state index in [2.05, 4.69) is 46.5 Å². The second-order valence-corrected chi connectivity index (χ2v) is 5.12. The van der Waals surface area contributed by atoms with Crippen LogP contribution in [0.1, 0.15) is 30.5 Å². The molecule has 3 N–H and O–H groups in total. The number of aromatic nitrogens is 2. The highest BCUT2D eigenvalue weighted by Crippen LogP contribution is 2.18. The Morgan fingerprint density at radius 2 is 2.00 bits per heavy atom. The molecular formula is C15H18N4S. The lowest BCUT2D eigenvalue weighted by Crippen LogP contribution is -2.13. The first-order valence-corrected chi connectivity index (χ1v) is 6.98. The molecular weight excluding hydrogens is 268 g/mol. The summed E-state index contributed by atoms with van der Waals surface area (Å²) in [6.45, 7) is 3.07. The predicted octanol–water partition coefficient (Wildman–Crippen LogP) is 2.72. The van der Waals surface area contributed by atoms with Crippen molar-refractivity contribution in [1.82, 2.24) is 9.97 Å². The number of rotatable bonds is 6. The zero-order valence-electron chi connectivity index (χ0n) is 11.4. The van der Waals surface area contributed by atoms with Gasteiger partial charge in [-0.15, -0.1) is 0 Å². The van der Waals surface area contributed by atoms with E-state index in [4.69, 9.17) is 18.0 Å². The van der Waals surface area contributed by atoms with Crippen molar-refractivity contribution in [2.75, 3.05) is 11.9 Å². The molecule has 0 amide bonds. The smallest absolute Gasteiger partial charge is 0.144 e. The van der Waals surface area contributed by atoms with Crippen molar-refractivity contribution >= 4 is 23.0 Å². The maximum absolute atomic E-state index is 5.48. The van der Waals surface area contributed by atoms with E-state index in [9.17, 15) is 0 Å². The van der Waals surface area contributed by atoms with Crippen molar-refractivity contribution in [2.45, 2.75) is 19.3 Å². The van der Waals surface area contributed by atoms with Crippen LogP contribution in [-0.4, -0.2) is 21.5 Å². The second-order valence-electron chi connectivity index (χ2n) is 4.68. The van der Waals surface area contributed by atoms with E-state index in [0.29, 0.717) is 11.6 Å². The van der Waals surface area contributed by atoms with E-state index in [1.807, 2.05) is 6.07 Å². The summed E-state index contributed by atoms with van der Waals surface area (Å²) in [5.74, 6) is 1.25. The highest BCUT2D eigenvalue weighted by molar-refractivity contribution is 7.80. The summed E-state index contributed by atoms with van der Waals surface area (Å²) in [4.78, 5) is 8.64. The number of benzene rings is 1. The van der Waals surface area contributed by atoms with Crippen molar-refractivity contribution < 1.29 is 0 Å². The highest BCUT2D eigenvalue weighted by Gasteiger charge is 2.05. The number of nitrogens with zero attached hydrogens (tertiary/aromatic N) is 2. The molecule has 1 atom stereocenters. The molecule has 1 aromatic carbocycles. The first-order chi connectivity index (χ1) is 9.66. The fourth-order valence-corrected chi connectivity index (χ4v) is 2.02. The topological polar surface area (TPSA) is 63.8 Å². The number of hydrogen-bond donors (Lipinski definition) is 2. The molecule has 0 fully saturated rings. The number of thiocarbonyl (C=S) groups is 1. The summed E-state index contributed by atoms with van der Waals surface area (Å²) in [6.07, 6.45) is 4.27. The Kier molecular flexibility index (Phi) is 5.01. The monoisotopic (exact) mass is 286 g/mol. The molecule has 0 bridgehead atoms. The van der Waals surface area contributed by atoms with Crippen LogP contribution in [0.25, 0.3) is 0 Å². The van der Waals surface area contributed by atoms with Crippen LogP contribution in [0, 0.1) is 0 Å². The van der Waals surface area contributed by atoms with E-state index >= 15 is 0 Å². The van der Waals surface area contributed by atoms with Gasteiger partial charge in [0.1, 0.15) is 16.5 Å². The maximum Gasteiger partial charge on any atom is 0.144 e. The maximum atomic E-state index is 5.48. The summed E-state index contributed by atoms with van der Waals surface area (Å²) in [6, 6.07) is 10.5. The third kappa shape index (κ3) is 3.99. The van der Waals surface area contributed by atoms with Gasteiger partial charge in [0, 0.05) is 6.54 Å². The fraction of sp³-hybridized carbons (Fsp3) is 0.267. The molecule has 0 spiro atoms. The van der Waals surface area contributed by atoms with Gasteiger partial charge in [0.2, 0.25) is 0 Å². The van der Waals surface area contributed by atoms with Gasteiger partial charge in [0.05, 0.1) is 12.4 Å². The molecule has 0 aliphatic heterocycles. The molecule has 20 heavy (non-hydrogen) atoms. The molecule has 1 heterocycles. The average molecular weight is 286 g/mol. The largest absolute Gasteiger partial charge is 0.388 e.